The standard InChI is InChI=1S/2C22H20N2O4.2CH4O.Dy.NO3.2Na/c2*1-27-19-11-5-7-15(21(19)25)13-23-17-9-3-4-10-18(17)24-14-16-8-6-12-20(28-2)22(16)26;2*1-2;;2-1(3)4;;/h2*3-14,25-26H,1-2H3;2*2H,1H3;;;;/q;;;;+3;-1;2*+1/p-4. The molecule has 0 saturated heterocycles. The molecule has 18 nitrogen and oxygen atoms in total. The summed E-state index contributed by atoms with van der Waals surface area (Å²) in [7, 11) is 7.80. The number of hydrogen-bond donors (Lipinski definition) is 2. The molecule has 1 radical (unpaired) electrons. The average molecular weight is 1080 g/mol. The third-order valence-electron chi connectivity index (χ3n) is 8.05. The van der Waals surface area contributed by atoms with E-state index in [0.717, 1.165) is 14.2 Å². The minimum atomic E-state index is -1.75. The Labute approximate surface area is 462 Å². The Kier molecular flexibility index (Phi) is 34.2. The fraction of sp³-hybridized carbons (Fsp3) is 0.130. The molecule has 0 unspecified atom stereocenters. The predicted octanol–water partition coefficient (Wildman–Crippen LogP) is -0.310. The number of nitrogens with zero attached hydrogens (tertiary/aromatic N) is 5. The molecule has 0 heterocycles. The van der Waals surface area contributed by atoms with Gasteiger partial charge in [0.1, 0.15) is 23.0 Å². The van der Waals surface area contributed by atoms with E-state index in [9.17, 15) is 20.4 Å². The van der Waals surface area contributed by atoms with Crippen LogP contribution in [0, 0.1) is 53.5 Å². The topological polar surface area (TPSA) is 285 Å². The Hall–Kier alpha value is -5.21. The van der Waals surface area contributed by atoms with Crippen molar-refractivity contribution in [1.29, 1.82) is 0 Å². The number of rotatable bonds is 12. The second-order valence-electron chi connectivity index (χ2n) is 11.7. The zero-order valence-electron chi connectivity index (χ0n) is 37.8. The fourth-order valence-corrected chi connectivity index (χ4v) is 5.10. The van der Waals surface area contributed by atoms with E-state index in [1.165, 1.54) is 53.3 Å². The Morgan fingerprint density at radius 2 is 0.582 bits per heavy atom. The van der Waals surface area contributed by atoms with Crippen molar-refractivity contribution in [2.75, 3.05) is 42.7 Å². The van der Waals surface area contributed by atoms with Gasteiger partial charge in [-0.25, -0.2) is 0 Å². The first-order valence-corrected chi connectivity index (χ1v) is 18.4. The second-order valence-corrected chi connectivity index (χ2v) is 11.7. The second kappa shape index (κ2) is 35.9. The molecule has 0 amide bonds. The third-order valence-corrected chi connectivity index (χ3v) is 8.05. The van der Waals surface area contributed by atoms with Crippen LogP contribution in [0.3, 0.4) is 0 Å². The van der Waals surface area contributed by atoms with Gasteiger partial charge in [-0.2, -0.15) is 0 Å². The summed E-state index contributed by atoms with van der Waals surface area (Å²) in [5, 5.41) is 77.6. The van der Waals surface area contributed by atoms with E-state index in [1.54, 1.807) is 97.1 Å². The number of methoxy groups -OCH3 is 4. The Balaban J connectivity index is 0. The average Bonchev–Trinajstić information content (AvgIpc) is 3.32. The zero-order chi connectivity index (χ0) is 47.4. The first-order valence-electron chi connectivity index (χ1n) is 18.4. The summed E-state index contributed by atoms with van der Waals surface area (Å²) in [6, 6.07) is 34.4. The maximum atomic E-state index is 12.2. The number of aliphatic hydroxyl groups excluding tert-OH is 2. The fourth-order valence-electron chi connectivity index (χ4n) is 5.10. The van der Waals surface area contributed by atoms with Gasteiger partial charge >= 0.3 is 97.3 Å². The van der Waals surface area contributed by atoms with Gasteiger partial charge in [-0.3, -0.25) is 20.0 Å². The van der Waals surface area contributed by atoms with Gasteiger partial charge < -0.3 is 64.9 Å². The van der Waals surface area contributed by atoms with Gasteiger partial charge in [-0.1, -0.05) is 95.8 Å². The summed E-state index contributed by atoms with van der Waals surface area (Å²) in [6.07, 6.45) is 5.90. The summed E-state index contributed by atoms with van der Waals surface area (Å²) >= 11 is 0. The molecule has 2 N–H and O–H groups in total. The maximum Gasteiger partial charge on any atom is 3.00 e. The van der Waals surface area contributed by atoms with Crippen LogP contribution in [0.1, 0.15) is 22.3 Å². The van der Waals surface area contributed by atoms with Crippen LogP contribution < -0.4 is 98.5 Å². The van der Waals surface area contributed by atoms with E-state index >= 15 is 0 Å². The minimum Gasteiger partial charge on any atom is -0.870 e. The predicted molar refractivity (Wildman–Crippen MR) is 238 cm³/mol. The molecule has 6 aromatic rings. The number of aliphatic imine (C=N–C) groups is 4. The van der Waals surface area contributed by atoms with Crippen molar-refractivity contribution in [3.8, 4) is 46.0 Å². The van der Waals surface area contributed by atoms with Crippen molar-refractivity contribution in [2.24, 2.45) is 20.0 Å². The summed E-state index contributed by atoms with van der Waals surface area (Å²) in [6.45, 7) is 0. The normalized spacial score (nSPS) is 9.91. The number of aliphatic hydroxyl groups is 2. The van der Waals surface area contributed by atoms with Crippen LogP contribution >= 0.6 is 0 Å². The largest absolute Gasteiger partial charge is 3.00 e. The summed E-state index contributed by atoms with van der Waals surface area (Å²) < 4.78 is 20.2. The van der Waals surface area contributed by atoms with Gasteiger partial charge in [0.25, 0.3) is 0 Å². The smallest absolute Gasteiger partial charge is 0.870 e. The maximum absolute atomic E-state index is 12.2. The molecular formula is C46H44DyN5Na2O13. The van der Waals surface area contributed by atoms with Crippen LogP contribution in [0.2, 0.25) is 0 Å². The van der Waals surface area contributed by atoms with Crippen molar-refractivity contribution < 1.29 is 152 Å². The molecule has 0 aliphatic heterocycles. The molecule has 0 atom stereocenters. The Morgan fingerprint density at radius 1 is 0.403 bits per heavy atom. The van der Waals surface area contributed by atoms with Crippen LogP contribution in [0.15, 0.2) is 141 Å². The zero-order valence-corrected chi connectivity index (χ0v) is 43.8. The van der Waals surface area contributed by atoms with E-state index in [4.69, 9.17) is 44.5 Å². The first-order chi connectivity index (χ1) is 31.0. The molecule has 0 aliphatic carbocycles. The van der Waals surface area contributed by atoms with Gasteiger partial charge in [0.15, 0.2) is 0 Å². The van der Waals surface area contributed by atoms with E-state index in [1.807, 2.05) is 24.3 Å². The van der Waals surface area contributed by atoms with E-state index in [-0.39, 0.29) is 143 Å². The summed E-state index contributed by atoms with van der Waals surface area (Å²) in [4.78, 5) is 25.8. The summed E-state index contributed by atoms with van der Waals surface area (Å²) in [5.41, 5.74) is 3.90. The first kappa shape index (κ1) is 63.9. The molecule has 6 rings (SSSR count). The molecule has 0 saturated carbocycles. The van der Waals surface area contributed by atoms with Gasteiger partial charge in [0.05, 0.1) is 56.3 Å². The van der Waals surface area contributed by atoms with Crippen LogP contribution in [0.4, 0.5) is 22.7 Å². The Morgan fingerprint density at radius 3 is 0.746 bits per heavy atom. The van der Waals surface area contributed by atoms with Crippen LogP contribution in [0.25, 0.3) is 0 Å². The van der Waals surface area contributed by atoms with Crippen molar-refractivity contribution in [3.63, 3.8) is 0 Å². The Bertz CT molecular complexity index is 2190. The molecule has 0 bridgehead atoms. The molecule has 0 aromatic heterocycles. The van der Waals surface area contributed by atoms with Crippen molar-refractivity contribution >= 4 is 47.6 Å². The SMILES string of the molecule is CO.CO.COc1cccc(C=Nc2ccccc2N=Cc2cccc(OC)c2[O-])c1[O-].COc1cccc(C=Nc2ccccc2N=Cc2cccc(OC)c2[O-])c1[O-].O=[N+]([O-])[O-].[Dy+3].[Na+].[Na+]. The van der Waals surface area contributed by atoms with Crippen molar-refractivity contribution in [2.45, 2.75) is 0 Å². The van der Waals surface area contributed by atoms with Gasteiger partial charge in [0, 0.05) is 39.1 Å². The van der Waals surface area contributed by atoms with Gasteiger partial charge in [0.2, 0.25) is 0 Å². The molecule has 67 heavy (non-hydrogen) atoms. The van der Waals surface area contributed by atoms with E-state index < -0.39 is 5.09 Å². The van der Waals surface area contributed by atoms with E-state index in [2.05, 4.69) is 20.0 Å². The van der Waals surface area contributed by atoms with Crippen LogP contribution in [-0.4, -0.2) is 82.8 Å². The quantitative estimate of drug-likeness (QED) is 0.0690. The van der Waals surface area contributed by atoms with Gasteiger partial charge in [-0.05, 0) is 70.8 Å². The number of hydrogen-bond acceptors (Lipinski definition) is 17. The molecule has 0 spiro atoms. The number of benzene rings is 6. The molecule has 6 aromatic carbocycles. The number of ether oxygens (including phenoxy) is 4. The van der Waals surface area contributed by atoms with Crippen molar-refractivity contribution in [3.05, 3.63) is 159 Å². The van der Waals surface area contributed by atoms with Crippen LogP contribution in [0.5, 0.6) is 46.0 Å². The molecule has 0 aliphatic rings. The monoisotopic (exact) mass is 1080 g/mol. The molecule has 21 heteroatoms. The molecule has 0 fully saturated rings. The van der Waals surface area contributed by atoms with E-state index in [0.29, 0.717) is 45.0 Å². The number of para-hydroxylation sites is 8. The van der Waals surface area contributed by atoms with Gasteiger partial charge in [-0.15, -0.1) is 0 Å². The molecule has 343 valence electrons. The molecular weight excluding hydrogens is 1040 g/mol. The van der Waals surface area contributed by atoms with Crippen LogP contribution in [-0.2, 0) is 0 Å². The minimum absolute atomic E-state index is 0. The third kappa shape index (κ3) is 20.7. The summed E-state index contributed by atoms with van der Waals surface area (Å²) in [5.74, 6) is 0.105. The van der Waals surface area contributed by atoms with Crippen molar-refractivity contribution in [1.82, 2.24) is 0 Å².